The zero-order valence-corrected chi connectivity index (χ0v) is 15.5. The molecular weight excluding hydrogens is 306 g/mol. The van der Waals surface area contributed by atoms with Crippen LogP contribution < -0.4 is 5.32 Å². The number of nitrogens with one attached hydrogen (secondary N) is 1. The van der Waals surface area contributed by atoms with Gasteiger partial charge in [-0.05, 0) is 41.7 Å². The van der Waals surface area contributed by atoms with Crippen molar-refractivity contribution in [3.63, 3.8) is 0 Å². The molecule has 2 aromatic carbocycles. The van der Waals surface area contributed by atoms with Gasteiger partial charge in [0.25, 0.3) is 0 Å². The average Bonchev–Trinajstić information content (AvgIpc) is 2.55. The highest BCUT2D eigenvalue weighted by Gasteiger charge is 2.34. The predicted octanol–water partition coefficient (Wildman–Crippen LogP) is 5.15. The van der Waals surface area contributed by atoms with Crippen molar-refractivity contribution in [3.8, 4) is 0 Å². The molecule has 2 heteroatoms. The van der Waals surface area contributed by atoms with Gasteiger partial charge in [-0.1, -0.05) is 81.4 Å². The van der Waals surface area contributed by atoms with E-state index in [4.69, 9.17) is 0 Å². The lowest BCUT2D eigenvalue weighted by molar-refractivity contribution is -0.123. The Kier molecular flexibility index (Phi) is 5.27. The van der Waals surface area contributed by atoms with Crippen LogP contribution in [0.2, 0.25) is 0 Å². The minimum Gasteiger partial charge on any atom is -0.353 e. The van der Waals surface area contributed by atoms with E-state index >= 15 is 0 Å². The van der Waals surface area contributed by atoms with Gasteiger partial charge in [0.2, 0.25) is 5.91 Å². The molecule has 1 aliphatic rings. The molecule has 2 aromatic rings. The third-order valence-electron chi connectivity index (χ3n) is 5.26. The second-order valence-corrected chi connectivity index (χ2v) is 8.37. The van der Waals surface area contributed by atoms with E-state index in [1.54, 1.807) is 0 Å². The molecule has 0 heterocycles. The molecule has 25 heavy (non-hydrogen) atoms. The Morgan fingerprint density at radius 1 is 0.960 bits per heavy atom. The number of amides is 1. The monoisotopic (exact) mass is 335 g/mol. The van der Waals surface area contributed by atoms with Crippen LogP contribution in [0.3, 0.4) is 0 Å². The van der Waals surface area contributed by atoms with Gasteiger partial charge in [-0.25, -0.2) is 0 Å². The number of rotatable bonds is 4. The SMILES string of the molecule is CC1CC(NC(=O)C(c2ccccc2)c2ccccc2)CC(C)(C)C1. The van der Waals surface area contributed by atoms with Gasteiger partial charge in [0.15, 0.2) is 0 Å². The summed E-state index contributed by atoms with van der Waals surface area (Å²) in [6.07, 6.45) is 3.37. The van der Waals surface area contributed by atoms with Crippen molar-refractivity contribution in [2.24, 2.45) is 11.3 Å². The highest BCUT2D eigenvalue weighted by atomic mass is 16.1. The van der Waals surface area contributed by atoms with Gasteiger partial charge < -0.3 is 5.32 Å². The molecule has 0 spiro atoms. The van der Waals surface area contributed by atoms with Gasteiger partial charge in [-0.3, -0.25) is 4.79 Å². The van der Waals surface area contributed by atoms with Crippen LogP contribution in [0.5, 0.6) is 0 Å². The van der Waals surface area contributed by atoms with Crippen LogP contribution in [0.4, 0.5) is 0 Å². The Morgan fingerprint density at radius 2 is 1.48 bits per heavy atom. The Bertz CT molecular complexity index is 653. The highest BCUT2D eigenvalue weighted by molar-refractivity contribution is 5.87. The molecule has 3 rings (SSSR count). The Balaban J connectivity index is 1.83. The molecule has 2 atom stereocenters. The molecular formula is C23H29NO. The van der Waals surface area contributed by atoms with Crippen LogP contribution >= 0.6 is 0 Å². The number of hydrogen-bond donors (Lipinski definition) is 1. The van der Waals surface area contributed by atoms with Crippen molar-refractivity contribution in [1.82, 2.24) is 5.32 Å². The lowest BCUT2D eigenvalue weighted by Crippen LogP contribution is -2.44. The van der Waals surface area contributed by atoms with E-state index in [1.807, 2.05) is 60.7 Å². The van der Waals surface area contributed by atoms with Gasteiger partial charge in [-0.15, -0.1) is 0 Å². The largest absolute Gasteiger partial charge is 0.353 e. The molecule has 0 saturated heterocycles. The third kappa shape index (κ3) is 4.50. The maximum atomic E-state index is 13.2. The smallest absolute Gasteiger partial charge is 0.232 e. The van der Waals surface area contributed by atoms with Crippen LogP contribution in [-0.4, -0.2) is 11.9 Å². The summed E-state index contributed by atoms with van der Waals surface area (Å²) in [6.45, 7) is 6.92. The van der Waals surface area contributed by atoms with E-state index in [1.165, 1.54) is 6.42 Å². The van der Waals surface area contributed by atoms with Gasteiger partial charge in [0.1, 0.15) is 0 Å². The standard InChI is InChI=1S/C23H29NO/c1-17-14-20(16-23(2,3)15-17)24-22(25)21(18-10-6-4-7-11-18)19-12-8-5-9-13-19/h4-13,17,20-21H,14-16H2,1-3H3,(H,24,25). The second-order valence-electron chi connectivity index (χ2n) is 8.37. The summed E-state index contributed by atoms with van der Waals surface area (Å²) < 4.78 is 0. The summed E-state index contributed by atoms with van der Waals surface area (Å²) in [5.41, 5.74) is 2.40. The van der Waals surface area contributed by atoms with Crippen LogP contribution in [0.25, 0.3) is 0 Å². The summed E-state index contributed by atoms with van der Waals surface area (Å²) in [6, 6.07) is 20.5. The Morgan fingerprint density at radius 3 is 1.96 bits per heavy atom. The van der Waals surface area contributed by atoms with Crippen LogP contribution in [0.1, 0.15) is 57.1 Å². The van der Waals surface area contributed by atoms with Crippen molar-refractivity contribution in [2.45, 2.75) is 52.0 Å². The lowest BCUT2D eigenvalue weighted by Gasteiger charge is -2.39. The molecule has 0 aromatic heterocycles. The molecule has 0 bridgehead atoms. The zero-order valence-electron chi connectivity index (χ0n) is 15.5. The highest BCUT2D eigenvalue weighted by Crippen LogP contribution is 2.38. The van der Waals surface area contributed by atoms with Gasteiger partial charge in [0, 0.05) is 6.04 Å². The minimum atomic E-state index is -0.247. The molecule has 2 unspecified atom stereocenters. The van der Waals surface area contributed by atoms with E-state index in [-0.39, 0.29) is 17.9 Å². The normalized spacial score (nSPS) is 22.6. The molecule has 1 amide bonds. The quantitative estimate of drug-likeness (QED) is 0.822. The fraction of sp³-hybridized carbons (Fsp3) is 0.435. The fourth-order valence-corrected chi connectivity index (χ4v) is 4.53. The first-order valence-corrected chi connectivity index (χ1v) is 9.35. The minimum absolute atomic E-state index is 0.118. The van der Waals surface area contributed by atoms with Gasteiger partial charge >= 0.3 is 0 Å². The predicted molar refractivity (Wildman–Crippen MR) is 103 cm³/mol. The summed E-state index contributed by atoms with van der Waals surface area (Å²) in [5, 5.41) is 3.36. The molecule has 1 saturated carbocycles. The van der Waals surface area contributed by atoms with Crippen molar-refractivity contribution in [1.29, 1.82) is 0 Å². The first-order valence-electron chi connectivity index (χ1n) is 9.35. The van der Waals surface area contributed by atoms with E-state index < -0.39 is 0 Å². The van der Waals surface area contributed by atoms with Crippen molar-refractivity contribution in [3.05, 3.63) is 71.8 Å². The van der Waals surface area contributed by atoms with E-state index in [0.717, 1.165) is 24.0 Å². The fourth-order valence-electron chi connectivity index (χ4n) is 4.53. The zero-order chi connectivity index (χ0) is 17.9. The molecule has 132 valence electrons. The van der Waals surface area contributed by atoms with Crippen LogP contribution in [0, 0.1) is 11.3 Å². The molecule has 1 fully saturated rings. The average molecular weight is 335 g/mol. The summed E-state index contributed by atoms with van der Waals surface area (Å²) >= 11 is 0. The maximum absolute atomic E-state index is 13.2. The molecule has 1 aliphatic carbocycles. The van der Waals surface area contributed by atoms with Crippen molar-refractivity contribution < 1.29 is 4.79 Å². The molecule has 0 radical (unpaired) electrons. The first kappa shape index (κ1) is 17.7. The maximum Gasteiger partial charge on any atom is 0.232 e. The third-order valence-corrected chi connectivity index (χ3v) is 5.26. The number of carbonyl (C=O) groups excluding carboxylic acids is 1. The number of benzene rings is 2. The number of hydrogen-bond acceptors (Lipinski definition) is 1. The Labute approximate surface area is 151 Å². The van der Waals surface area contributed by atoms with Crippen LogP contribution in [0.15, 0.2) is 60.7 Å². The molecule has 1 N–H and O–H groups in total. The van der Waals surface area contributed by atoms with Gasteiger partial charge in [0.05, 0.1) is 5.92 Å². The van der Waals surface area contributed by atoms with E-state index in [2.05, 4.69) is 26.1 Å². The van der Waals surface area contributed by atoms with Gasteiger partial charge in [-0.2, -0.15) is 0 Å². The lowest BCUT2D eigenvalue weighted by atomic mass is 9.70. The molecule has 2 nitrogen and oxygen atoms in total. The van der Waals surface area contributed by atoms with Crippen molar-refractivity contribution in [2.75, 3.05) is 0 Å². The van der Waals surface area contributed by atoms with E-state index in [9.17, 15) is 4.79 Å². The second kappa shape index (κ2) is 7.43. The summed E-state index contributed by atoms with van der Waals surface area (Å²) in [5.74, 6) is 0.524. The van der Waals surface area contributed by atoms with E-state index in [0.29, 0.717) is 11.3 Å². The first-order chi connectivity index (χ1) is 11.9. The topological polar surface area (TPSA) is 29.1 Å². The summed E-state index contributed by atoms with van der Waals surface area (Å²) in [7, 11) is 0. The van der Waals surface area contributed by atoms with Crippen LogP contribution in [-0.2, 0) is 4.79 Å². The summed E-state index contributed by atoms with van der Waals surface area (Å²) in [4.78, 5) is 13.2. The van der Waals surface area contributed by atoms with Crippen molar-refractivity contribution >= 4 is 5.91 Å². The number of carbonyl (C=O) groups is 1. The molecule has 0 aliphatic heterocycles. The Hall–Kier alpha value is -2.09.